The van der Waals surface area contributed by atoms with Crippen LogP contribution in [0.1, 0.15) is 32.3 Å². The lowest BCUT2D eigenvalue weighted by molar-refractivity contribution is 0.105. The van der Waals surface area contributed by atoms with Crippen LogP contribution in [0.2, 0.25) is 0 Å². The molecule has 0 aliphatic carbocycles. The molecule has 0 saturated carbocycles. The number of rotatable bonds is 5. The molecule has 3 N–H and O–H groups in total. The van der Waals surface area contributed by atoms with Crippen LogP contribution in [0.3, 0.4) is 0 Å². The molecule has 2 unspecified atom stereocenters. The Morgan fingerprint density at radius 2 is 2.00 bits per heavy atom. The van der Waals surface area contributed by atoms with E-state index in [1.165, 1.54) is 0 Å². The summed E-state index contributed by atoms with van der Waals surface area (Å²) in [6.45, 7) is 4.01. The van der Waals surface area contributed by atoms with Gasteiger partial charge in [0.25, 0.3) is 0 Å². The van der Waals surface area contributed by atoms with Crippen molar-refractivity contribution in [1.29, 1.82) is 0 Å². The smallest absolute Gasteiger partial charge is 0.389 e. The fraction of sp³-hybridized carbons (Fsp3) is 0.429. The van der Waals surface area contributed by atoms with Crippen LogP contribution >= 0.6 is 0 Å². The molecule has 2 atom stereocenters. The minimum Gasteiger partial charge on any atom is -0.389 e. The van der Waals surface area contributed by atoms with Crippen LogP contribution in [0, 0.1) is 5.92 Å². The minimum atomic E-state index is -1.09. The third-order valence-corrected chi connectivity index (χ3v) is 2.97. The van der Waals surface area contributed by atoms with Crippen LogP contribution in [0.4, 0.5) is 0 Å². The zero-order valence-corrected chi connectivity index (χ0v) is 11.6. The van der Waals surface area contributed by atoms with E-state index in [9.17, 15) is 9.90 Å². The van der Waals surface area contributed by atoms with Crippen LogP contribution in [-0.4, -0.2) is 20.9 Å². The van der Waals surface area contributed by atoms with Gasteiger partial charge in [-0.2, -0.15) is 4.68 Å². The number of para-hydroxylation sites is 1. The second-order valence-electron chi connectivity index (χ2n) is 5.19. The van der Waals surface area contributed by atoms with Crippen LogP contribution in [0.15, 0.2) is 39.5 Å². The Labute approximate surface area is 116 Å². The van der Waals surface area contributed by atoms with E-state index >= 15 is 0 Å². The van der Waals surface area contributed by atoms with Crippen LogP contribution < -0.4 is 11.5 Å². The molecule has 0 saturated heterocycles. The number of hydrogen-bond donors (Lipinski definition) is 2. The average molecular weight is 277 g/mol. The van der Waals surface area contributed by atoms with Crippen molar-refractivity contribution in [3.05, 3.63) is 46.8 Å². The van der Waals surface area contributed by atoms with E-state index in [-0.39, 0.29) is 5.89 Å². The number of benzene rings is 1. The molecule has 1 heterocycles. The lowest BCUT2D eigenvalue weighted by atomic mass is 10.0. The average Bonchev–Trinajstić information content (AvgIpc) is 2.80. The molecule has 2 rings (SSSR count). The number of aliphatic hydroxyl groups excluding tert-OH is 1. The van der Waals surface area contributed by atoms with Gasteiger partial charge in [-0.15, -0.1) is 5.10 Å². The highest BCUT2D eigenvalue weighted by Gasteiger charge is 2.24. The topological polar surface area (TPSA) is 94.3 Å². The quantitative estimate of drug-likeness (QED) is 0.857. The molecule has 2 aromatic rings. The Bertz CT molecular complexity index is 604. The second kappa shape index (κ2) is 6.02. The number of hydrogen-bond acceptors (Lipinski definition) is 5. The molecule has 1 aromatic carbocycles. The Hall–Kier alpha value is -1.92. The first-order valence-electron chi connectivity index (χ1n) is 6.58. The van der Waals surface area contributed by atoms with Crippen molar-refractivity contribution in [2.45, 2.75) is 32.4 Å². The van der Waals surface area contributed by atoms with E-state index in [1.807, 2.05) is 19.9 Å². The summed E-state index contributed by atoms with van der Waals surface area (Å²) in [5.74, 6) is -0.350. The maximum absolute atomic E-state index is 11.8. The molecule has 0 aliphatic heterocycles. The SMILES string of the molecule is CC(C)CC(N)C(O)c1nn(-c2ccccc2)c(=O)o1. The fourth-order valence-electron chi connectivity index (χ4n) is 2.00. The Balaban J connectivity index is 2.25. The predicted molar refractivity (Wildman–Crippen MR) is 74.5 cm³/mol. The van der Waals surface area contributed by atoms with Crippen LogP contribution in [0.25, 0.3) is 5.69 Å². The fourth-order valence-corrected chi connectivity index (χ4v) is 2.00. The summed E-state index contributed by atoms with van der Waals surface area (Å²) in [5, 5.41) is 14.1. The zero-order chi connectivity index (χ0) is 14.7. The molecule has 6 heteroatoms. The Morgan fingerprint density at radius 3 is 2.60 bits per heavy atom. The van der Waals surface area contributed by atoms with E-state index < -0.39 is 17.9 Å². The van der Waals surface area contributed by atoms with Gasteiger partial charge in [0.05, 0.1) is 5.69 Å². The Morgan fingerprint density at radius 1 is 1.35 bits per heavy atom. The summed E-state index contributed by atoms with van der Waals surface area (Å²) in [5.41, 5.74) is 6.47. The maximum Gasteiger partial charge on any atom is 0.442 e. The summed E-state index contributed by atoms with van der Waals surface area (Å²) in [6, 6.07) is 8.36. The lowest BCUT2D eigenvalue weighted by Crippen LogP contribution is -2.30. The third-order valence-electron chi connectivity index (χ3n) is 2.97. The second-order valence-corrected chi connectivity index (χ2v) is 5.19. The van der Waals surface area contributed by atoms with Gasteiger partial charge in [0.15, 0.2) is 0 Å². The lowest BCUT2D eigenvalue weighted by Gasteiger charge is -2.17. The highest BCUT2D eigenvalue weighted by atomic mass is 16.4. The number of nitrogens with zero attached hydrogens (tertiary/aromatic N) is 2. The summed E-state index contributed by atoms with van der Waals surface area (Å²) in [6.07, 6.45) is -0.474. The predicted octanol–water partition coefficient (Wildman–Crippen LogP) is 1.23. The van der Waals surface area contributed by atoms with Gasteiger partial charge in [-0.3, -0.25) is 0 Å². The Kier molecular flexibility index (Phi) is 4.36. The van der Waals surface area contributed by atoms with Crippen LogP contribution in [0.5, 0.6) is 0 Å². The zero-order valence-electron chi connectivity index (χ0n) is 11.6. The molecule has 20 heavy (non-hydrogen) atoms. The van der Waals surface area contributed by atoms with E-state index in [1.54, 1.807) is 24.3 Å². The normalized spacial score (nSPS) is 14.4. The highest BCUT2D eigenvalue weighted by Crippen LogP contribution is 2.18. The van der Waals surface area contributed by atoms with E-state index in [0.29, 0.717) is 18.0 Å². The van der Waals surface area contributed by atoms with Gasteiger partial charge in [-0.05, 0) is 24.5 Å². The molecule has 0 spiro atoms. The van der Waals surface area contributed by atoms with Crippen molar-refractivity contribution >= 4 is 0 Å². The highest BCUT2D eigenvalue weighted by molar-refractivity contribution is 5.29. The minimum absolute atomic E-state index is 0.0491. The van der Waals surface area contributed by atoms with E-state index in [4.69, 9.17) is 10.2 Å². The maximum atomic E-state index is 11.8. The summed E-state index contributed by atoms with van der Waals surface area (Å²) >= 11 is 0. The van der Waals surface area contributed by atoms with Gasteiger partial charge in [0.1, 0.15) is 6.10 Å². The van der Waals surface area contributed by atoms with Crippen molar-refractivity contribution < 1.29 is 9.52 Å². The summed E-state index contributed by atoms with van der Waals surface area (Å²) in [7, 11) is 0. The molecule has 0 fully saturated rings. The van der Waals surface area contributed by atoms with Crippen molar-refractivity contribution in [2.75, 3.05) is 0 Å². The van der Waals surface area contributed by atoms with Gasteiger partial charge in [-0.25, -0.2) is 4.79 Å². The van der Waals surface area contributed by atoms with Gasteiger partial charge in [0.2, 0.25) is 5.89 Å². The van der Waals surface area contributed by atoms with E-state index in [2.05, 4.69) is 5.10 Å². The molecule has 0 radical (unpaired) electrons. The number of nitrogens with two attached hydrogens (primary N) is 1. The third kappa shape index (κ3) is 3.15. The summed E-state index contributed by atoms with van der Waals surface area (Å²) < 4.78 is 6.11. The molecule has 6 nitrogen and oxygen atoms in total. The van der Waals surface area contributed by atoms with Gasteiger partial charge < -0.3 is 15.3 Å². The van der Waals surface area contributed by atoms with Gasteiger partial charge in [0, 0.05) is 6.04 Å². The number of aromatic nitrogens is 2. The van der Waals surface area contributed by atoms with Crippen molar-refractivity contribution in [3.8, 4) is 5.69 Å². The monoisotopic (exact) mass is 277 g/mol. The molecular weight excluding hydrogens is 258 g/mol. The molecule has 108 valence electrons. The van der Waals surface area contributed by atoms with Gasteiger partial charge in [-0.1, -0.05) is 32.0 Å². The molecule has 0 bridgehead atoms. The molecular formula is C14H19N3O3. The summed E-state index contributed by atoms with van der Waals surface area (Å²) in [4.78, 5) is 11.8. The first kappa shape index (κ1) is 14.5. The van der Waals surface area contributed by atoms with Crippen LogP contribution in [-0.2, 0) is 0 Å². The standard InChI is InChI=1S/C14H19N3O3/c1-9(2)8-11(15)12(18)13-16-17(14(19)20-13)10-6-4-3-5-7-10/h3-7,9,11-12,18H,8,15H2,1-2H3. The van der Waals surface area contributed by atoms with Crippen molar-refractivity contribution in [1.82, 2.24) is 9.78 Å². The van der Waals surface area contributed by atoms with Crippen molar-refractivity contribution in [3.63, 3.8) is 0 Å². The molecule has 0 amide bonds. The molecule has 0 aliphatic rings. The largest absolute Gasteiger partial charge is 0.442 e. The van der Waals surface area contributed by atoms with Gasteiger partial charge >= 0.3 is 5.76 Å². The number of aliphatic hydroxyl groups is 1. The molecule has 1 aromatic heterocycles. The first-order valence-corrected chi connectivity index (χ1v) is 6.58. The first-order chi connectivity index (χ1) is 9.49. The van der Waals surface area contributed by atoms with Crippen molar-refractivity contribution in [2.24, 2.45) is 11.7 Å². The van der Waals surface area contributed by atoms with E-state index in [0.717, 1.165) is 4.68 Å².